The summed E-state index contributed by atoms with van der Waals surface area (Å²) < 4.78 is 41.6. The fourth-order valence-corrected chi connectivity index (χ4v) is 3.26. The number of rotatable bonds is 2. The van der Waals surface area contributed by atoms with Crippen LogP contribution in [0, 0.1) is 5.41 Å². The maximum atomic E-state index is 13.4. The van der Waals surface area contributed by atoms with Crippen molar-refractivity contribution in [1.29, 1.82) is 0 Å². The van der Waals surface area contributed by atoms with E-state index >= 15 is 0 Å². The van der Waals surface area contributed by atoms with Crippen molar-refractivity contribution in [3.05, 3.63) is 45.5 Å². The van der Waals surface area contributed by atoms with Gasteiger partial charge in [0, 0.05) is 31.7 Å². The van der Waals surface area contributed by atoms with Crippen molar-refractivity contribution in [3.8, 4) is 11.3 Å². The number of imidazole rings is 1. The molecule has 27 heavy (non-hydrogen) atoms. The minimum Gasteiger partial charge on any atom is -0.368 e. The molecule has 1 fully saturated rings. The van der Waals surface area contributed by atoms with Crippen LogP contribution in [0.5, 0.6) is 0 Å². The highest BCUT2D eigenvalue weighted by atomic mass is 19.4. The van der Waals surface area contributed by atoms with E-state index in [9.17, 15) is 22.8 Å². The molecule has 0 saturated carbocycles. The zero-order chi connectivity index (χ0) is 19.4. The van der Waals surface area contributed by atoms with E-state index in [0.717, 1.165) is 0 Å². The van der Waals surface area contributed by atoms with Crippen LogP contribution in [-0.4, -0.2) is 43.8 Å². The van der Waals surface area contributed by atoms with Crippen molar-refractivity contribution in [2.45, 2.75) is 19.5 Å². The third-order valence-corrected chi connectivity index (χ3v) is 4.93. The number of alkyl halides is 3. The standard InChI is InChI=1S/C16H15F3N6O2/c1-15(16(17,18)19)2-4-24(8-15)11-6-10(23-25-5-3-20-12(11)25)9-7-21-14(27)22-13(9)26/h3,5-7H,2,4,8H2,1H3,(H2,21,22,26,27)/t15-/m1/s1. The summed E-state index contributed by atoms with van der Waals surface area (Å²) in [7, 11) is 0. The van der Waals surface area contributed by atoms with Gasteiger partial charge in [-0.1, -0.05) is 0 Å². The van der Waals surface area contributed by atoms with Gasteiger partial charge in [-0.2, -0.15) is 18.3 Å². The molecule has 0 aliphatic carbocycles. The van der Waals surface area contributed by atoms with Gasteiger partial charge in [-0.05, 0) is 19.4 Å². The van der Waals surface area contributed by atoms with Gasteiger partial charge in [0.25, 0.3) is 5.56 Å². The Hall–Kier alpha value is -3.11. The maximum Gasteiger partial charge on any atom is 0.395 e. The van der Waals surface area contributed by atoms with Gasteiger partial charge in [0.05, 0.1) is 16.7 Å². The Morgan fingerprint density at radius 3 is 2.74 bits per heavy atom. The average Bonchev–Trinajstić information content (AvgIpc) is 3.20. The number of anilines is 1. The van der Waals surface area contributed by atoms with Crippen molar-refractivity contribution in [1.82, 2.24) is 24.6 Å². The van der Waals surface area contributed by atoms with Crippen molar-refractivity contribution in [3.63, 3.8) is 0 Å². The van der Waals surface area contributed by atoms with Gasteiger partial charge >= 0.3 is 11.9 Å². The molecule has 0 unspecified atom stereocenters. The predicted molar refractivity (Wildman–Crippen MR) is 90.7 cm³/mol. The summed E-state index contributed by atoms with van der Waals surface area (Å²) in [5.74, 6) is 0. The number of halogens is 3. The fraction of sp³-hybridized carbons (Fsp3) is 0.375. The van der Waals surface area contributed by atoms with Crippen LogP contribution in [0.15, 0.2) is 34.2 Å². The first-order chi connectivity index (χ1) is 12.7. The molecule has 3 aromatic heterocycles. The lowest BCUT2D eigenvalue weighted by atomic mass is 9.89. The Kier molecular flexibility index (Phi) is 3.65. The molecule has 0 spiro atoms. The summed E-state index contributed by atoms with van der Waals surface area (Å²) in [4.78, 5) is 33.6. The SMILES string of the molecule is C[C@@]1(C(F)(F)F)CCN(c2cc(-c3c[nH]c(=O)[nH]c3=O)nn3ccnc23)C1. The van der Waals surface area contributed by atoms with E-state index in [4.69, 9.17) is 0 Å². The number of aromatic amines is 2. The van der Waals surface area contributed by atoms with E-state index in [1.165, 1.54) is 29.9 Å². The lowest BCUT2D eigenvalue weighted by Crippen LogP contribution is -2.38. The van der Waals surface area contributed by atoms with Crippen LogP contribution in [0.25, 0.3) is 16.9 Å². The molecule has 1 saturated heterocycles. The Labute approximate surface area is 149 Å². The Morgan fingerprint density at radius 1 is 1.30 bits per heavy atom. The summed E-state index contributed by atoms with van der Waals surface area (Å²) in [5.41, 5.74) is -1.96. The predicted octanol–water partition coefficient (Wildman–Crippen LogP) is 1.55. The van der Waals surface area contributed by atoms with Gasteiger partial charge in [-0.25, -0.2) is 14.3 Å². The Balaban J connectivity index is 1.83. The van der Waals surface area contributed by atoms with Gasteiger partial charge < -0.3 is 9.88 Å². The van der Waals surface area contributed by atoms with Crippen LogP contribution in [0.4, 0.5) is 18.9 Å². The third kappa shape index (κ3) is 2.78. The number of nitrogens with zero attached hydrogens (tertiary/aromatic N) is 4. The Bertz CT molecular complexity index is 1130. The molecule has 11 heteroatoms. The minimum atomic E-state index is -4.32. The van der Waals surface area contributed by atoms with Crippen LogP contribution in [0.2, 0.25) is 0 Å². The van der Waals surface area contributed by atoms with E-state index in [1.807, 2.05) is 0 Å². The zero-order valence-corrected chi connectivity index (χ0v) is 14.2. The van der Waals surface area contributed by atoms with Crippen LogP contribution < -0.4 is 16.1 Å². The first-order valence-electron chi connectivity index (χ1n) is 8.16. The summed E-state index contributed by atoms with van der Waals surface area (Å²) >= 11 is 0. The molecule has 0 aromatic carbocycles. The summed E-state index contributed by atoms with van der Waals surface area (Å²) in [6, 6.07) is 1.52. The van der Waals surface area contributed by atoms with E-state index in [0.29, 0.717) is 11.3 Å². The number of hydrogen-bond acceptors (Lipinski definition) is 5. The molecule has 142 valence electrons. The van der Waals surface area contributed by atoms with Gasteiger partial charge in [-0.15, -0.1) is 0 Å². The van der Waals surface area contributed by atoms with Gasteiger partial charge in [0.15, 0.2) is 5.65 Å². The molecular formula is C16H15F3N6O2. The van der Waals surface area contributed by atoms with Crippen LogP contribution >= 0.6 is 0 Å². The Morgan fingerprint density at radius 2 is 2.07 bits per heavy atom. The highest BCUT2D eigenvalue weighted by molar-refractivity contribution is 5.74. The van der Waals surface area contributed by atoms with E-state index in [1.54, 1.807) is 11.1 Å². The monoisotopic (exact) mass is 380 g/mol. The second kappa shape index (κ2) is 5.69. The van der Waals surface area contributed by atoms with Gasteiger partial charge in [0.1, 0.15) is 5.69 Å². The minimum absolute atomic E-state index is 0.0414. The molecule has 0 bridgehead atoms. The van der Waals surface area contributed by atoms with E-state index < -0.39 is 22.8 Å². The lowest BCUT2D eigenvalue weighted by molar-refractivity contribution is -0.209. The molecule has 0 radical (unpaired) electrons. The van der Waals surface area contributed by atoms with Gasteiger partial charge in [0.2, 0.25) is 0 Å². The number of H-pyrrole nitrogens is 2. The van der Waals surface area contributed by atoms with E-state index in [-0.39, 0.29) is 30.8 Å². The lowest BCUT2D eigenvalue weighted by Gasteiger charge is -2.28. The maximum absolute atomic E-state index is 13.4. The van der Waals surface area contributed by atoms with Crippen molar-refractivity contribution >= 4 is 11.3 Å². The molecule has 3 aromatic rings. The largest absolute Gasteiger partial charge is 0.395 e. The summed E-state index contributed by atoms with van der Waals surface area (Å²) in [6.45, 7) is 1.18. The number of nitrogens with one attached hydrogen (secondary N) is 2. The van der Waals surface area contributed by atoms with Crippen LogP contribution in [0.1, 0.15) is 13.3 Å². The normalized spacial score (nSPS) is 20.5. The smallest absolute Gasteiger partial charge is 0.368 e. The molecular weight excluding hydrogens is 365 g/mol. The molecule has 8 nitrogen and oxygen atoms in total. The first kappa shape index (κ1) is 17.3. The molecule has 1 aliphatic rings. The third-order valence-electron chi connectivity index (χ3n) is 4.93. The molecule has 0 amide bonds. The fourth-order valence-electron chi connectivity index (χ4n) is 3.26. The van der Waals surface area contributed by atoms with Crippen molar-refractivity contribution in [2.75, 3.05) is 18.0 Å². The van der Waals surface area contributed by atoms with Gasteiger partial charge in [-0.3, -0.25) is 9.78 Å². The molecule has 4 heterocycles. The highest BCUT2D eigenvalue weighted by Crippen LogP contribution is 2.46. The molecule has 1 aliphatic heterocycles. The second-order valence-corrected chi connectivity index (χ2v) is 6.83. The second-order valence-electron chi connectivity index (χ2n) is 6.83. The van der Waals surface area contributed by atoms with Crippen LogP contribution in [-0.2, 0) is 0 Å². The molecule has 1 atom stereocenters. The van der Waals surface area contributed by atoms with E-state index in [2.05, 4.69) is 20.1 Å². The van der Waals surface area contributed by atoms with Crippen molar-refractivity contribution < 1.29 is 13.2 Å². The first-order valence-corrected chi connectivity index (χ1v) is 8.16. The number of aromatic nitrogens is 5. The van der Waals surface area contributed by atoms with Crippen molar-refractivity contribution in [2.24, 2.45) is 5.41 Å². The average molecular weight is 380 g/mol. The highest BCUT2D eigenvalue weighted by Gasteiger charge is 2.54. The zero-order valence-electron chi connectivity index (χ0n) is 14.2. The number of hydrogen-bond donors (Lipinski definition) is 2. The topological polar surface area (TPSA) is 99.2 Å². The summed E-state index contributed by atoms with van der Waals surface area (Å²) in [5, 5.41) is 4.28. The summed E-state index contributed by atoms with van der Waals surface area (Å²) in [6.07, 6.45) is -0.119. The quantitative estimate of drug-likeness (QED) is 0.703. The number of fused-ring (bicyclic) bond motifs is 1. The van der Waals surface area contributed by atoms with Crippen LogP contribution in [0.3, 0.4) is 0 Å². The molecule has 4 rings (SSSR count). The molecule has 2 N–H and O–H groups in total.